The van der Waals surface area contributed by atoms with Crippen LogP contribution >= 0.6 is 0 Å². The maximum atomic E-state index is 14.6. The van der Waals surface area contributed by atoms with Gasteiger partial charge >= 0.3 is 17.9 Å². The van der Waals surface area contributed by atoms with Crippen LogP contribution in [0.15, 0.2) is 303 Å². The number of aliphatic hydroxyl groups is 1. The summed E-state index contributed by atoms with van der Waals surface area (Å²) in [5, 5.41) is 12.3. The molecule has 3 heterocycles. The van der Waals surface area contributed by atoms with Crippen molar-refractivity contribution in [2.75, 3.05) is 19.8 Å². The van der Waals surface area contributed by atoms with Crippen LogP contribution in [-0.2, 0) is 117 Å². The van der Waals surface area contributed by atoms with E-state index < -0.39 is 117 Å². The molecule has 0 radical (unpaired) electrons. The summed E-state index contributed by atoms with van der Waals surface area (Å²) in [4.78, 5) is 43.1. The lowest BCUT2D eigenvalue weighted by Gasteiger charge is -2.48. The van der Waals surface area contributed by atoms with E-state index in [0.29, 0.717) is 0 Å². The number of esters is 3. The van der Waals surface area contributed by atoms with Gasteiger partial charge in [0, 0.05) is 0 Å². The Bertz CT molecular complexity index is 4240. The quantitative estimate of drug-likeness (QED) is 0.0293. The lowest BCUT2D eigenvalue weighted by Crippen LogP contribution is -2.65. The minimum Gasteiger partial charge on any atom is -0.452 e. The van der Waals surface area contributed by atoms with Crippen LogP contribution in [0.5, 0.6) is 0 Å². The molecule has 0 bridgehead atoms. The summed E-state index contributed by atoms with van der Waals surface area (Å²) in [6.45, 7) is 0.107. The molecule has 3 fully saturated rings. The second-order valence-corrected chi connectivity index (χ2v) is 26.1. The van der Waals surface area contributed by atoms with Crippen molar-refractivity contribution in [3.63, 3.8) is 0 Å². The molecule has 0 aromatic heterocycles. The van der Waals surface area contributed by atoms with Crippen LogP contribution in [0.4, 0.5) is 0 Å². The first-order valence-electron chi connectivity index (χ1n) is 35.9. The van der Waals surface area contributed by atoms with Crippen LogP contribution < -0.4 is 0 Å². The third kappa shape index (κ3) is 21.2. The van der Waals surface area contributed by atoms with E-state index in [0.717, 1.165) is 38.9 Å². The van der Waals surface area contributed by atoms with Gasteiger partial charge < -0.3 is 76.2 Å². The van der Waals surface area contributed by atoms with Crippen LogP contribution in [0.1, 0.15) is 70.0 Å². The highest BCUT2D eigenvalue weighted by molar-refractivity contribution is 5.91. The Balaban J connectivity index is 0.888. The van der Waals surface area contributed by atoms with Crippen LogP contribution in [-0.4, -0.2) is 135 Å². The SMILES string of the molecule is O=C(O[C@@H]1[C@@H](OC(=O)c2ccccc2)[C@@H](O)O[C@H](CO[C@H]2O[C@H](CO[C@H]3O[C@H](COCc4ccccc4)[C@H](OCc4ccccc4)[C@H](OCc4ccccc4)[C@H]3OCc3ccccc3)[C@H](OCc3ccccc3)[C@H](OCc3ccccc3)[C@H]2OCc2ccccc2)[C@@H]1OC(=O)c1ccccc1)c1ccccc1. The maximum Gasteiger partial charge on any atom is 0.338 e. The molecular formula is C88H86O19. The molecule has 0 aliphatic carbocycles. The fourth-order valence-corrected chi connectivity index (χ4v) is 13.0. The van der Waals surface area contributed by atoms with Crippen molar-refractivity contribution in [2.45, 2.75) is 138 Å². The largest absolute Gasteiger partial charge is 0.452 e. The third-order valence-corrected chi connectivity index (χ3v) is 18.5. The number of ether oxygens (including phenoxy) is 15. The Hall–Kier alpha value is -9.91. The van der Waals surface area contributed by atoms with Gasteiger partial charge in [-0.25, -0.2) is 14.4 Å². The number of hydrogen-bond acceptors (Lipinski definition) is 19. The van der Waals surface area contributed by atoms with Crippen LogP contribution in [0, 0.1) is 0 Å². The highest BCUT2D eigenvalue weighted by Gasteiger charge is 2.56. The van der Waals surface area contributed by atoms with Crippen molar-refractivity contribution in [1.29, 1.82) is 0 Å². The van der Waals surface area contributed by atoms with Crippen LogP contribution in [0.2, 0.25) is 0 Å². The predicted octanol–water partition coefficient (Wildman–Crippen LogP) is 13.6. The highest BCUT2D eigenvalue weighted by atomic mass is 16.8. The molecule has 1 N–H and O–H groups in total. The van der Waals surface area contributed by atoms with Gasteiger partial charge in [-0.05, 0) is 75.3 Å². The Morgan fingerprint density at radius 2 is 0.486 bits per heavy atom. The second kappa shape index (κ2) is 39.1. The van der Waals surface area contributed by atoms with Gasteiger partial charge in [-0.15, -0.1) is 0 Å². The molecule has 0 unspecified atom stereocenters. The zero-order chi connectivity index (χ0) is 73.2. The molecule has 19 nitrogen and oxygen atoms in total. The Labute approximate surface area is 622 Å². The van der Waals surface area contributed by atoms with E-state index in [-0.39, 0.29) is 76.2 Å². The highest BCUT2D eigenvalue weighted by Crippen LogP contribution is 2.37. The molecule has 10 aromatic rings. The summed E-state index contributed by atoms with van der Waals surface area (Å²) in [6, 6.07) is 92.6. The summed E-state index contributed by atoms with van der Waals surface area (Å²) >= 11 is 0. The molecule has 3 aliphatic heterocycles. The molecule has 10 aromatic carbocycles. The average molecular weight is 1450 g/mol. The van der Waals surface area contributed by atoms with Crippen molar-refractivity contribution in [2.24, 2.45) is 0 Å². The molecule has 15 atom stereocenters. The normalized spacial score (nSPS) is 24.2. The zero-order valence-electron chi connectivity index (χ0n) is 58.9. The van der Waals surface area contributed by atoms with E-state index in [1.54, 1.807) is 66.7 Å². The maximum absolute atomic E-state index is 14.6. The number of hydrogen-bond donors (Lipinski definition) is 1. The number of aliphatic hydroxyl groups excluding tert-OH is 1. The lowest BCUT2D eigenvalue weighted by molar-refractivity contribution is -0.358. The van der Waals surface area contributed by atoms with Gasteiger partial charge in [0.25, 0.3) is 0 Å². The molecule has 13 rings (SSSR count). The van der Waals surface area contributed by atoms with Gasteiger partial charge in [0.1, 0.15) is 54.9 Å². The van der Waals surface area contributed by atoms with Gasteiger partial charge in [-0.2, -0.15) is 0 Å². The number of benzene rings is 10. The second-order valence-electron chi connectivity index (χ2n) is 26.1. The van der Waals surface area contributed by atoms with Gasteiger partial charge in [0.2, 0.25) is 0 Å². The fourth-order valence-electron chi connectivity index (χ4n) is 13.0. The minimum absolute atomic E-state index is 0.0242. The first-order chi connectivity index (χ1) is 52.7. The Morgan fingerprint density at radius 1 is 0.243 bits per heavy atom. The summed E-state index contributed by atoms with van der Waals surface area (Å²) in [5.41, 5.74) is 6.51. The predicted molar refractivity (Wildman–Crippen MR) is 393 cm³/mol. The lowest BCUT2D eigenvalue weighted by atomic mass is 9.96. The molecule has 0 amide bonds. The Morgan fingerprint density at radius 3 is 0.804 bits per heavy atom. The molecule has 552 valence electrons. The van der Waals surface area contributed by atoms with E-state index >= 15 is 0 Å². The fraction of sp³-hybridized carbons (Fsp3) is 0.284. The van der Waals surface area contributed by atoms with Gasteiger partial charge in [0.05, 0.1) is 82.8 Å². The van der Waals surface area contributed by atoms with Crippen LogP contribution in [0.3, 0.4) is 0 Å². The zero-order valence-corrected chi connectivity index (χ0v) is 58.9. The molecule has 0 saturated carbocycles. The standard InChI is InChI=1S/C88H86O19/c89-83(68-45-25-8-26-46-68)105-76-73(102-86(92)80(107-85(91)70-49-29-10-30-50-70)79(76)106-84(90)69-47-27-9-28-48-69)60-101-88-82(99-57-67-43-23-7-24-44-67)78(97-55-65-39-19-5-20-40-65)75(95-53-63-35-15-3-16-36-63)72(104-88)59-100-87-81(98-56-66-41-21-6-22-42-66)77(96-54-64-37-17-4-18-38-64)74(94-52-62-33-13-2-14-34-62)71(103-87)58-93-51-61-31-11-1-12-32-61/h1-50,71-82,86-88,92H,51-60H2/t71-,72-,73-,74+,75+,76+,77+,78+,79+,80-,81-,82-,86+,87+,88+/m1/s1. The summed E-state index contributed by atoms with van der Waals surface area (Å²) in [6.07, 6.45) is -19.3. The molecule has 3 aliphatic rings. The summed E-state index contributed by atoms with van der Waals surface area (Å²) in [5.74, 6) is -2.63. The van der Waals surface area contributed by atoms with Crippen molar-refractivity contribution in [3.05, 3.63) is 359 Å². The monoisotopic (exact) mass is 1450 g/mol. The summed E-state index contributed by atoms with van der Waals surface area (Å²) < 4.78 is 103. The van der Waals surface area contributed by atoms with Crippen molar-refractivity contribution in [3.8, 4) is 0 Å². The van der Waals surface area contributed by atoms with Gasteiger partial charge in [0.15, 0.2) is 37.2 Å². The van der Waals surface area contributed by atoms with E-state index in [4.69, 9.17) is 71.1 Å². The number of carbonyl (C=O) groups is 3. The summed E-state index contributed by atoms with van der Waals surface area (Å²) in [7, 11) is 0. The molecule has 19 heteroatoms. The van der Waals surface area contributed by atoms with Crippen molar-refractivity contribution < 1.29 is 90.5 Å². The molecule has 107 heavy (non-hydrogen) atoms. The van der Waals surface area contributed by atoms with Crippen molar-refractivity contribution in [1.82, 2.24) is 0 Å². The molecular weight excluding hydrogens is 1360 g/mol. The first kappa shape index (κ1) is 75.3. The van der Waals surface area contributed by atoms with Crippen LogP contribution in [0.25, 0.3) is 0 Å². The van der Waals surface area contributed by atoms with Crippen molar-refractivity contribution >= 4 is 17.9 Å². The molecule has 3 saturated heterocycles. The number of rotatable bonds is 34. The van der Waals surface area contributed by atoms with E-state index in [9.17, 15) is 19.5 Å². The first-order valence-corrected chi connectivity index (χ1v) is 35.9. The number of carbonyl (C=O) groups excluding carboxylic acids is 3. The van der Waals surface area contributed by atoms with E-state index in [1.165, 1.54) is 24.3 Å². The topological polar surface area (TPSA) is 210 Å². The Kier molecular flexibility index (Phi) is 27.5. The molecule has 0 spiro atoms. The van der Waals surface area contributed by atoms with Gasteiger partial charge in [-0.1, -0.05) is 267 Å². The minimum atomic E-state index is -2.02. The van der Waals surface area contributed by atoms with Gasteiger partial charge in [-0.3, -0.25) is 0 Å². The van der Waals surface area contributed by atoms with E-state index in [1.807, 2.05) is 212 Å². The smallest absolute Gasteiger partial charge is 0.338 e. The van der Waals surface area contributed by atoms with E-state index in [2.05, 4.69) is 0 Å². The average Bonchev–Trinajstić information content (AvgIpc) is 0.784. The third-order valence-electron chi connectivity index (χ3n) is 18.5.